The van der Waals surface area contributed by atoms with E-state index in [0.717, 1.165) is 5.56 Å². The summed E-state index contributed by atoms with van der Waals surface area (Å²) in [4.78, 5) is 0.189. The van der Waals surface area contributed by atoms with Gasteiger partial charge in [0.1, 0.15) is 0 Å². The molecule has 3 N–H and O–H groups in total. The Kier molecular flexibility index (Phi) is 6.62. The number of sulfonamides is 1. The van der Waals surface area contributed by atoms with Crippen molar-refractivity contribution >= 4 is 27.3 Å². The van der Waals surface area contributed by atoms with Gasteiger partial charge >= 0.3 is 0 Å². The normalized spacial score (nSPS) is 14.1. The van der Waals surface area contributed by atoms with Gasteiger partial charge in [-0.1, -0.05) is 30.3 Å². The van der Waals surface area contributed by atoms with E-state index in [9.17, 15) is 13.5 Å². The molecule has 0 saturated carbocycles. The summed E-state index contributed by atoms with van der Waals surface area (Å²) in [5, 5.41) is 12.4. The third kappa shape index (κ3) is 5.21. The highest BCUT2D eigenvalue weighted by molar-refractivity contribution is 7.89. The molecule has 7 heteroatoms. The molecule has 0 aliphatic carbocycles. The van der Waals surface area contributed by atoms with Gasteiger partial charge in [0.15, 0.2) is 0 Å². The van der Waals surface area contributed by atoms with Crippen LogP contribution in [0.1, 0.15) is 18.5 Å². The van der Waals surface area contributed by atoms with Gasteiger partial charge in [-0.3, -0.25) is 0 Å². The number of hydrogen-bond acceptors (Lipinski definition) is 4. The van der Waals surface area contributed by atoms with E-state index in [1.54, 1.807) is 19.1 Å². The molecule has 2 unspecified atom stereocenters. The summed E-state index contributed by atoms with van der Waals surface area (Å²) in [6.07, 6.45) is -0.650. The minimum Gasteiger partial charge on any atom is -0.390 e. The Morgan fingerprint density at radius 1 is 1.08 bits per heavy atom. The third-order valence-corrected chi connectivity index (χ3v) is 5.43. The van der Waals surface area contributed by atoms with Crippen LogP contribution in [0.5, 0.6) is 0 Å². The lowest BCUT2D eigenvalue weighted by Gasteiger charge is -2.15. The summed E-state index contributed by atoms with van der Waals surface area (Å²) >= 11 is 5.52. The van der Waals surface area contributed by atoms with E-state index in [1.807, 2.05) is 30.3 Å². The van der Waals surface area contributed by atoms with Crippen LogP contribution >= 0.6 is 11.6 Å². The number of nitrogens with one attached hydrogen (secondary N) is 2. The fourth-order valence-corrected chi connectivity index (χ4v) is 3.49. The molecular weight excluding hydrogens is 348 g/mol. The highest BCUT2D eigenvalue weighted by Gasteiger charge is 2.18. The van der Waals surface area contributed by atoms with Gasteiger partial charge in [0.05, 0.1) is 16.9 Å². The van der Waals surface area contributed by atoms with Gasteiger partial charge < -0.3 is 10.4 Å². The average molecular weight is 369 g/mol. The number of benzene rings is 2. The Bertz CT molecular complexity index is 736. The van der Waals surface area contributed by atoms with Crippen molar-refractivity contribution in [1.29, 1.82) is 0 Å². The first-order valence-corrected chi connectivity index (χ1v) is 9.59. The lowest BCUT2D eigenvalue weighted by molar-refractivity contribution is 0.211. The van der Waals surface area contributed by atoms with Crippen LogP contribution in [0, 0.1) is 0 Å². The molecule has 2 aromatic rings. The van der Waals surface area contributed by atoms with Gasteiger partial charge in [-0.25, -0.2) is 13.1 Å². The number of rotatable bonds is 8. The first-order valence-electron chi connectivity index (χ1n) is 7.57. The number of hydrogen-bond donors (Lipinski definition) is 3. The quantitative estimate of drug-likeness (QED) is 0.626. The second-order valence-electron chi connectivity index (χ2n) is 5.47. The Labute approximate surface area is 147 Å². The van der Waals surface area contributed by atoms with Crippen LogP contribution in [0.2, 0.25) is 0 Å². The van der Waals surface area contributed by atoms with E-state index in [0.29, 0.717) is 12.2 Å². The zero-order valence-corrected chi connectivity index (χ0v) is 14.9. The fourth-order valence-electron chi connectivity index (χ4n) is 2.15. The number of aliphatic hydroxyl groups excluding tert-OH is 1. The van der Waals surface area contributed by atoms with E-state index in [4.69, 9.17) is 11.6 Å². The Balaban J connectivity index is 2.04. The van der Waals surface area contributed by atoms with E-state index in [1.165, 1.54) is 12.1 Å². The summed E-state index contributed by atoms with van der Waals surface area (Å²) in [6.45, 7) is 2.11. The van der Waals surface area contributed by atoms with Crippen molar-refractivity contribution in [3.8, 4) is 0 Å². The van der Waals surface area contributed by atoms with Crippen molar-refractivity contribution in [3.05, 3.63) is 60.2 Å². The first-order chi connectivity index (χ1) is 11.4. The summed E-state index contributed by atoms with van der Waals surface area (Å²) < 4.78 is 27.6. The molecule has 0 heterocycles. The van der Waals surface area contributed by atoms with Gasteiger partial charge in [0, 0.05) is 18.3 Å². The standard InChI is InChI=1S/C17H21ClN2O3S/c1-13(14-5-3-2-4-6-14)20-24(22,23)17-9-7-15(8-10-17)19-12-16(21)11-18/h2-10,13,16,19-21H,11-12H2,1H3. The molecule has 130 valence electrons. The number of aliphatic hydroxyl groups is 1. The molecule has 0 aliphatic heterocycles. The minimum absolute atomic E-state index is 0.140. The molecule has 5 nitrogen and oxygen atoms in total. The predicted molar refractivity (Wildman–Crippen MR) is 96.8 cm³/mol. The number of halogens is 1. The molecule has 24 heavy (non-hydrogen) atoms. The van der Waals surface area contributed by atoms with Crippen molar-refractivity contribution in [2.75, 3.05) is 17.7 Å². The molecule has 0 amide bonds. The van der Waals surface area contributed by atoms with Crippen LogP contribution in [0.25, 0.3) is 0 Å². The Morgan fingerprint density at radius 2 is 1.71 bits per heavy atom. The van der Waals surface area contributed by atoms with Gasteiger partial charge in [-0.05, 0) is 36.8 Å². The SMILES string of the molecule is CC(NS(=O)(=O)c1ccc(NCC(O)CCl)cc1)c1ccccc1. The predicted octanol–water partition coefficient (Wildman–Crippen LogP) is 2.74. The lowest BCUT2D eigenvalue weighted by atomic mass is 10.1. The van der Waals surface area contributed by atoms with Crippen molar-refractivity contribution < 1.29 is 13.5 Å². The Morgan fingerprint density at radius 3 is 2.29 bits per heavy atom. The maximum atomic E-state index is 12.5. The molecule has 0 aliphatic rings. The average Bonchev–Trinajstić information content (AvgIpc) is 2.60. The minimum atomic E-state index is -3.61. The smallest absolute Gasteiger partial charge is 0.241 e. The van der Waals surface area contributed by atoms with Crippen molar-refractivity contribution in [2.45, 2.75) is 24.0 Å². The van der Waals surface area contributed by atoms with E-state index in [2.05, 4.69) is 10.0 Å². The molecule has 0 radical (unpaired) electrons. The summed E-state index contributed by atoms with van der Waals surface area (Å²) in [6, 6.07) is 15.4. The zero-order chi connectivity index (χ0) is 17.6. The first kappa shape index (κ1) is 18.7. The molecule has 0 fully saturated rings. The van der Waals surface area contributed by atoms with Crippen LogP contribution in [0.4, 0.5) is 5.69 Å². The van der Waals surface area contributed by atoms with Gasteiger partial charge in [0.25, 0.3) is 0 Å². The fraction of sp³-hybridized carbons (Fsp3) is 0.294. The summed E-state index contributed by atoms with van der Waals surface area (Å²) in [5.41, 5.74) is 1.61. The summed E-state index contributed by atoms with van der Waals surface area (Å²) in [5.74, 6) is 0.140. The number of alkyl halides is 1. The topological polar surface area (TPSA) is 78.4 Å². The molecule has 0 bridgehead atoms. The molecular formula is C17H21ClN2O3S. The lowest BCUT2D eigenvalue weighted by Crippen LogP contribution is -2.26. The maximum absolute atomic E-state index is 12.5. The van der Waals surface area contributed by atoms with Gasteiger partial charge in [-0.15, -0.1) is 11.6 Å². The highest BCUT2D eigenvalue weighted by Crippen LogP contribution is 2.18. The molecule has 2 atom stereocenters. The Hall–Kier alpha value is -1.60. The van der Waals surface area contributed by atoms with Crippen LogP contribution in [-0.4, -0.2) is 32.1 Å². The van der Waals surface area contributed by atoms with Crippen LogP contribution in [-0.2, 0) is 10.0 Å². The van der Waals surface area contributed by atoms with Crippen LogP contribution in [0.3, 0.4) is 0 Å². The third-order valence-electron chi connectivity index (χ3n) is 3.52. The highest BCUT2D eigenvalue weighted by atomic mass is 35.5. The van der Waals surface area contributed by atoms with E-state index in [-0.39, 0.29) is 16.8 Å². The molecule has 2 aromatic carbocycles. The number of anilines is 1. The second-order valence-corrected chi connectivity index (χ2v) is 7.49. The van der Waals surface area contributed by atoms with Crippen LogP contribution in [0.15, 0.2) is 59.5 Å². The van der Waals surface area contributed by atoms with E-state index >= 15 is 0 Å². The van der Waals surface area contributed by atoms with Crippen LogP contribution < -0.4 is 10.0 Å². The van der Waals surface area contributed by atoms with E-state index < -0.39 is 16.1 Å². The molecule has 0 spiro atoms. The monoisotopic (exact) mass is 368 g/mol. The molecule has 0 saturated heterocycles. The summed E-state index contributed by atoms with van der Waals surface area (Å²) in [7, 11) is -3.61. The maximum Gasteiger partial charge on any atom is 0.241 e. The van der Waals surface area contributed by atoms with Crippen molar-refractivity contribution in [1.82, 2.24) is 4.72 Å². The van der Waals surface area contributed by atoms with Crippen molar-refractivity contribution in [2.24, 2.45) is 0 Å². The molecule has 2 rings (SSSR count). The second kappa shape index (κ2) is 8.48. The zero-order valence-electron chi connectivity index (χ0n) is 13.3. The van der Waals surface area contributed by atoms with Crippen molar-refractivity contribution in [3.63, 3.8) is 0 Å². The molecule has 0 aromatic heterocycles. The van der Waals surface area contributed by atoms with Gasteiger partial charge in [0.2, 0.25) is 10.0 Å². The van der Waals surface area contributed by atoms with Gasteiger partial charge in [-0.2, -0.15) is 0 Å². The largest absolute Gasteiger partial charge is 0.390 e.